The minimum Gasteiger partial charge on any atom is -0.494 e. The van der Waals surface area contributed by atoms with Gasteiger partial charge in [-0.25, -0.2) is 0 Å². The first-order valence-corrected chi connectivity index (χ1v) is 6.40. The first-order chi connectivity index (χ1) is 9.27. The minimum atomic E-state index is 0.248. The fourth-order valence-electron chi connectivity index (χ4n) is 2.34. The molecule has 19 heavy (non-hydrogen) atoms. The molecule has 0 atom stereocenters. The lowest BCUT2D eigenvalue weighted by molar-refractivity contribution is 0.0397. The predicted octanol–water partition coefficient (Wildman–Crippen LogP) is 1.55. The molecule has 1 fully saturated rings. The molecule has 3 rings (SSSR count). The molecule has 1 saturated heterocycles. The quantitative estimate of drug-likeness (QED) is 0.832. The molecule has 1 aliphatic rings. The van der Waals surface area contributed by atoms with E-state index in [9.17, 15) is 5.11 Å². The van der Waals surface area contributed by atoms with Gasteiger partial charge in [0.05, 0.1) is 43.6 Å². The number of aryl methyl sites for hydroxylation is 1. The topological polar surface area (TPSA) is 50.0 Å². The van der Waals surface area contributed by atoms with Crippen molar-refractivity contribution in [1.29, 1.82) is 0 Å². The highest BCUT2D eigenvalue weighted by Gasteiger charge is 2.13. The zero-order valence-electron chi connectivity index (χ0n) is 10.9. The van der Waals surface area contributed by atoms with Crippen LogP contribution >= 0.6 is 0 Å². The Kier molecular flexibility index (Phi) is 3.13. The number of benzene rings is 1. The van der Waals surface area contributed by atoms with Gasteiger partial charge >= 0.3 is 0 Å². The van der Waals surface area contributed by atoms with Crippen molar-refractivity contribution in [2.75, 3.05) is 26.3 Å². The lowest BCUT2D eigenvalue weighted by atomic mass is 10.2. The van der Waals surface area contributed by atoms with Crippen LogP contribution in [-0.2, 0) is 11.8 Å². The van der Waals surface area contributed by atoms with Gasteiger partial charge in [-0.1, -0.05) is 18.2 Å². The van der Waals surface area contributed by atoms with E-state index in [4.69, 9.17) is 4.74 Å². The van der Waals surface area contributed by atoms with Crippen LogP contribution in [0.25, 0.3) is 10.9 Å². The molecule has 1 aromatic carbocycles. The largest absolute Gasteiger partial charge is 0.494 e. The van der Waals surface area contributed by atoms with Gasteiger partial charge in [0.25, 0.3) is 0 Å². The standard InChI is InChI=1S/C14H17N3O2/c1-16-13-5-3-2-4-11(13)12(14(16)18)10-15-17-6-8-19-9-7-17/h2-5,10,18H,6-9H2,1H3. The van der Waals surface area contributed by atoms with Crippen LogP contribution in [0.5, 0.6) is 5.88 Å². The summed E-state index contributed by atoms with van der Waals surface area (Å²) in [5.41, 5.74) is 1.77. The Balaban J connectivity index is 1.96. The van der Waals surface area contributed by atoms with Crippen LogP contribution < -0.4 is 0 Å². The van der Waals surface area contributed by atoms with E-state index in [2.05, 4.69) is 5.10 Å². The Morgan fingerprint density at radius 3 is 2.79 bits per heavy atom. The molecule has 100 valence electrons. The number of aromatic hydroxyl groups is 1. The summed E-state index contributed by atoms with van der Waals surface area (Å²) in [6, 6.07) is 7.91. The summed E-state index contributed by atoms with van der Waals surface area (Å²) in [6.45, 7) is 3.00. The SMILES string of the molecule is Cn1c(O)c(C=NN2CCOCC2)c2ccccc21. The number of hydrogen-bond donors (Lipinski definition) is 1. The number of para-hydroxylation sites is 1. The number of nitrogens with zero attached hydrogens (tertiary/aromatic N) is 3. The predicted molar refractivity (Wildman–Crippen MR) is 74.6 cm³/mol. The molecule has 1 N–H and O–H groups in total. The molecule has 2 heterocycles. The Morgan fingerprint density at radius 1 is 1.26 bits per heavy atom. The molecule has 0 unspecified atom stereocenters. The molecule has 0 bridgehead atoms. The lowest BCUT2D eigenvalue weighted by Gasteiger charge is -2.23. The number of hydrogen-bond acceptors (Lipinski definition) is 4. The fraction of sp³-hybridized carbons (Fsp3) is 0.357. The monoisotopic (exact) mass is 259 g/mol. The van der Waals surface area contributed by atoms with Crippen LogP contribution in [0.15, 0.2) is 29.4 Å². The van der Waals surface area contributed by atoms with E-state index < -0.39 is 0 Å². The summed E-state index contributed by atoms with van der Waals surface area (Å²) in [5, 5.41) is 17.6. The van der Waals surface area contributed by atoms with Crippen molar-refractivity contribution < 1.29 is 9.84 Å². The van der Waals surface area contributed by atoms with E-state index in [1.54, 1.807) is 10.8 Å². The van der Waals surface area contributed by atoms with Gasteiger partial charge in [-0.05, 0) is 6.07 Å². The van der Waals surface area contributed by atoms with E-state index in [1.165, 1.54) is 0 Å². The number of ether oxygens (including phenoxy) is 1. The molecule has 1 aliphatic heterocycles. The summed E-state index contributed by atoms with van der Waals surface area (Å²) in [5.74, 6) is 0.248. The molecule has 0 saturated carbocycles. The van der Waals surface area contributed by atoms with E-state index in [0.717, 1.165) is 29.6 Å². The molecule has 0 radical (unpaired) electrons. The number of morpholine rings is 1. The normalized spacial score (nSPS) is 16.6. The molecule has 0 aliphatic carbocycles. The van der Waals surface area contributed by atoms with Crippen molar-refractivity contribution in [2.45, 2.75) is 0 Å². The summed E-state index contributed by atoms with van der Waals surface area (Å²) in [7, 11) is 1.85. The van der Waals surface area contributed by atoms with Crippen molar-refractivity contribution in [1.82, 2.24) is 9.58 Å². The van der Waals surface area contributed by atoms with Crippen LogP contribution in [0, 0.1) is 0 Å². The van der Waals surface area contributed by atoms with Gasteiger partial charge in [-0.15, -0.1) is 0 Å². The fourth-order valence-corrected chi connectivity index (χ4v) is 2.34. The van der Waals surface area contributed by atoms with Crippen molar-refractivity contribution in [2.24, 2.45) is 12.1 Å². The van der Waals surface area contributed by atoms with Crippen LogP contribution in [0.2, 0.25) is 0 Å². The van der Waals surface area contributed by atoms with Crippen molar-refractivity contribution in [3.63, 3.8) is 0 Å². The van der Waals surface area contributed by atoms with E-state index in [1.807, 2.05) is 36.3 Å². The third-order valence-electron chi connectivity index (χ3n) is 3.45. The van der Waals surface area contributed by atoms with Gasteiger partial charge in [0.2, 0.25) is 5.88 Å². The maximum atomic E-state index is 10.2. The number of rotatable bonds is 2. The summed E-state index contributed by atoms with van der Waals surface area (Å²) in [6.07, 6.45) is 1.74. The molecule has 0 spiro atoms. The number of fused-ring (bicyclic) bond motifs is 1. The van der Waals surface area contributed by atoms with Gasteiger partial charge in [-0.3, -0.25) is 5.01 Å². The molecule has 2 aromatic rings. The summed E-state index contributed by atoms with van der Waals surface area (Å²) in [4.78, 5) is 0. The van der Waals surface area contributed by atoms with Gasteiger partial charge in [0, 0.05) is 12.4 Å². The first-order valence-electron chi connectivity index (χ1n) is 6.40. The highest BCUT2D eigenvalue weighted by atomic mass is 16.5. The summed E-state index contributed by atoms with van der Waals surface area (Å²) >= 11 is 0. The molecular weight excluding hydrogens is 242 g/mol. The van der Waals surface area contributed by atoms with Crippen molar-refractivity contribution in [3.8, 4) is 5.88 Å². The van der Waals surface area contributed by atoms with E-state index >= 15 is 0 Å². The highest BCUT2D eigenvalue weighted by molar-refractivity contribution is 6.02. The second-order valence-electron chi connectivity index (χ2n) is 4.62. The lowest BCUT2D eigenvalue weighted by Crippen LogP contribution is -2.32. The molecule has 1 aromatic heterocycles. The van der Waals surface area contributed by atoms with Gasteiger partial charge in [0.15, 0.2) is 0 Å². The van der Waals surface area contributed by atoms with Crippen LogP contribution in [0.1, 0.15) is 5.56 Å². The van der Waals surface area contributed by atoms with Crippen molar-refractivity contribution >= 4 is 17.1 Å². The third kappa shape index (κ3) is 2.17. The van der Waals surface area contributed by atoms with Gasteiger partial charge in [-0.2, -0.15) is 5.10 Å². The van der Waals surface area contributed by atoms with Gasteiger partial charge < -0.3 is 14.4 Å². The van der Waals surface area contributed by atoms with Gasteiger partial charge in [0.1, 0.15) is 0 Å². The van der Waals surface area contributed by atoms with Crippen LogP contribution in [-0.4, -0.2) is 47.2 Å². The van der Waals surface area contributed by atoms with E-state index in [0.29, 0.717) is 13.2 Å². The maximum absolute atomic E-state index is 10.2. The second kappa shape index (κ2) is 4.93. The maximum Gasteiger partial charge on any atom is 0.200 e. The molecule has 5 nitrogen and oxygen atoms in total. The molecule has 0 amide bonds. The first kappa shape index (κ1) is 12.0. The third-order valence-corrected chi connectivity index (χ3v) is 3.45. The average molecular weight is 259 g/mol. The van der Waals surface area contributed by atoms with Crippen LogP contribution in [0.4, 0.5) is 0 Å². The Bertz CT molecular complexity index is 612. The average Bonchev–Trinajstić information content (AvgIpc) is 2.71. The van der Waals surface area contributed by atoms with Crippen LogP contribution in [0.3, 0.4) is 0 Å². The zero-order chi connectivity index (χ0) is 13.2. The Labute approximate surface area is 111 Å². The molecular formula is C14H17N3O2. The summed E-state index contributed by atoms with van der Waals surface area (Å²) < 4.78 is 7.05. The smallest absolute Gasteiger partial charge is 0.200 e. The molecule has 5 heteroatoms. The Morgan fingerprint density at radius 2 is 2.00 bits per heavy atom. The Hall–Kier alpha value is -2.01. The van der Waals surface area contributed by atoms with Crippen molar-refractivity contribution in [3.05, 3.63) is 29.8 Å². The zero-order valence-corrected chi connectivity index (χ0v) is 10.9. The number of hydrazone groups is 1. The minimum absolute atomic E-state index is 0.248. The highest BCUT2D eigenvalue weighted by Crippen LogP contribution is 2.28. The number of aromatic nitrogens is 1. The second-order valence-corrected chi connectivity index (χ2v) is 4.62. The van der Waals surface area contributed by atoms with E-state index in [-0.39, 0.29) is 5.88 Å².